The van der Waals surface area contributed by atoms with Crippen molar-refractivity contribution in [2.75, 3.05) is 62.7 Å². The van der Waals surface area contributed by atoms with Gasteiger partial charge in [-0.05, 0) is 97.7 Å². The van der Waals surface area contributed by atoms with E-state index in [1.165, 1.54) is 30.0 Å². The van der Waals surface area contributed by atoms with Crippen LogP contribution in [0.4, 0.5) is 17.1 Å². The number of nitrogens with one attached hydrogen (secondary N) is 3. The molecule has 2 aromatic heterocycles. The van der Waals surface area contributed by atoms with E-state index >= 15 is 0 Å². The molecule has 2 saturated heterocycles. The van der Waals surface area contributed by atoms with E-state index in [0.29, 0.717) is 55.8 Å². The van der Waals surface area contributed by atoms with Gasteiger partial charge in [0, 0.05) is 105 Å². The summed E-state index contributed by atoms with van der Waals surface area (Å²) in [5, 5.41) is 16.6. The van der Waals surface area contributed by atoms with Crippen molar-refractivity contribution in [1.82, 2.24) is 24.5 Å². The number of fused-ring (bicyclic) bond motifs is 2. The number of aromatic nitrogens is 2. The summed E-state index contributed by atoms with van der Waals surface area (Å²) < 4.78 is 41.1. The number of aromatic amines is 1. The van der Waals surface area contributed by atoms with Crippen molar-refractivity contribution in [1.29, 1.82) is 0 Å². The molecular formula is C44H47ClN8O8S. The predicted octanol–water partition coefficient (Wildman–Crippen LogP) is 6.36. The summed E-state index contributed by atoms with van der Waals surface area (Å²) in [7, 11) is -4.57. The van der Waals surface area contributed by atoms with Gasteiger partial charge in [-0.25, -0.2) is 18.1 Å². The van der Waals surface area contributed by atoms with E-state index in [2.05, 4.69) is 40.8 Å². The lowest BCUT2D eigenvalue weighted by Gasteiger charge is -2.42. The summed E-state index contributed by atoms with van der Waals surface area (Å²) in [6.45, 7) is 5.79. The van der Waals surface area contributed by atoms with Gasteiger partial charge in [-0.2, -0.15) is 0 Å². The van der Waals surface area contributed by atoms with Crippen LogP contribution < -0.4 is 19.7 Å². The molecule has 0 spiro atoms. The number of rotatable bonds is 13. The number of nitrogens with zero attached hydrogens (tertiary/aromatic N) is 5. The van der Waals surface area contributed by atoms with Crippen molar-refractivity contribution in [2.45, 2.75) is 49.6 Å². The molecule has 9 rings (SSSR count). The van der Waals surface area contributed by atoms with Crippen LogP contribution in [-0.4, -0.2) is 103 Å². The zero-order valence-electron chi connectivity index (χ0n) is 33.9. The number of amides is 2. The number of halogens is 1. The van der Waals surface area contributed by atoms with Crippen molar-refractivity contribution < 1.29 is 32.4 Å². The van der Waals surface area contributed by atoms with Crippen LogP contribution in [0, 0.1) is 22.0 Å². The van der Waals surface area contributed by atoms with Crippen LogP contribution in [0.2, 0.25) is 5.02 Å². The van der Waals surface area contributed by atoms with Gasteiger partial charge < -0.3 is 29.6 Å². The highest BCUT2D eigenvalue weighted by molar-refractivity contribution is 7.90. The molecule has 324 valence electrons. The molecule has 5 heterocycles. The number of nitro benzene ring substituents is 1. The van der Waals surface area contributed by atoms with Crippen molar-refractivity contribution in [2.24, 2.45) is 11.8 Å². The van der Waals surface area contributed by atoms with Crippen LogP contribution >= 0.6 is 11.6 Å². The number of hydrogen-bond acceptors (Lipinski definition) is 12. The van der Waals surface area contributed by atoms with Gasteiger partial charge in [0.25, 0.3) is 21.6 Å². The Balaban J connectivity index is 0.916. The summed E-state index contributed by atoms with van der Waals surface area (Å²) in [4.78, 5) is 52.4. The number of ether oxygens (including phenoxy) is 2. The standard InChI is InChI=1S/C44H47ClN8O8S/c45-33-4-3-30-20-35(52(26-32(30)19-33)44(55)29-1-2-29)27-50-13-15-51(16-14-50)34-5-7-38(41(22-34)61-36-21-31-9-12-46-42(31)48-25-36)43(54)49-62(58,59)37-6-8-39(40(23-37)53(56)57)47-24-28-10-17-60-18-11-28/h3-9,12,19,21-23,25,28-29,35,47H,1-2,10-11,13-18,20,24,26-27H2,(H,46,48)(H,49,54). The number of piperazine rings is 1. The fraction of sp³-hybridized carbons (Fsp3) is 0.386. The average Bonchev–Trinajstić information content (AvgIpc) is 4.02. The normalized spacial score (nSPS) is 18.6. The van der Waals surface area contributed by atoms with E-state index in [-0.39, 0.29) is 40.8 Å². The average molecular weight is 883 g/mol. The zero-order chi connectivity index (χ0) is 43.0. The molecule has 62 heavy (non-hydrogen) atoms. The van der Waals surface area contributed by atoms with Gasteiger partial charge in [-0.1, -0.05) is 17.7 Å². The fourth-order valence-electron chi connectivity index (χ4n) is 8.59. The molecule has 4 aliphatic rings. The van der Waals surface area contributed by atoms with Crippen LogP contribution in [0.5, 0.6) is 11.5 Å². The highest BCUT2D eigenvalue weighted by Crippen LogP contribution is 2.37. The van der Waals surface area contributed by atoms with Crippen LogP contribution in [0.25, 0.3) is 11.0 Å². The molecule has 0 bridgehead atoms. The molecule has 1 saturated carbocycles. The van der Waals surface area contributed by atoms with E-state index < -0.39 is 31.4 Å². The summed E-state index contributed by atoms with van der Waals surface area (Å²) >= 11 is 6.32. The Morgan fingerprint density at radius 2 is 1.77 bits per heavy atom. The molecule has 1 atom stereocenters. The molecule has 3 fully saturated rings. The maximum absolute atomic E-state index is 13.9. The molecular weight excluding hydrogens is 836 g/mol. The van der Waals surface area contributed by atoms with Crippen molar-refractivity contribution in [3.63, 3.8) is 0 Å². The van der Waals surface area contributed by atoms with Gasteiger partial charge in [-0.15, -0.1) is 0 Å². The third kappa shape index (κ3) is 9.21. The first-order valence-electron chi connectivity index (χ1n) is 20.9. The van der Waals surface area contributed by atoms with E-state index in [1.807, 2.05) is 18.2 Å². The molecule has 16 nitrogen and oxygen atoms in total. The molecule has 18 heteroatoms. The van der Waals surface area contributed by atoms with E-state index in [4.69, 9.17) is 21.1 Å². The van der Waals surface area contributed by atoms with Gasteiger partial charge in [-0.3, -0.25) is 24.6 Å². The molecule has 2 amide bonds. The van der Waals surface area contributed by atoms with E-state index in [0.717, 1.165) is 74.4 Å². The first-order chi connectivity index (χ1) is 30.0. The minimum Gasteiger partial charge on any atom is -0.455 e. The monoisotopic (exact) mass is 882 g/mol. The van der Waals surface area contributed by atoms with Crippen LogP contribution in [-0.2, 0) is 32.5 Å². The Morgan fingerprint density at radius 1 is 0.968 bits per heavy atom. The van der Waals surface area contributed by atoms with Gasteiger partial charge in [0.2, 0.25) is 5.91 Å². The SMILES string of the molecule is O=C(NS(=O)(=O)c1ccc(NCC2CCOCC2)c([N+](=O)[O-])c1)c1ccc(N2CCN(CC3Cc4ccc(Cl)cc4CN3C(=O)C3CC3)CC2)cc1Oc1cnc2[nH]ccc2c1. The number of anilines is 2. The second-order valence-electron chi connectivity index (χ2n) is 16.5. The molecule has 3 aromatic carbocycles. The highest BCUT2D eigenvalue weighted by Gasteiger charge is 2.39. The second kappa shape index (κ2) is 17.6. The van der Waals surface area contributed by atoms with Crippen molar-refractivity contribution in [3.8, 4) is 11.5 Å². The maximum Gasteiger partial charge on any atom is 0.293 e. The van der Waals surface area contributed by atoms with Crippen molar-refractivity contribution >= 4 is 61.5 Å². The van der Waals surface area contributed by atoms with Gasteiger partial charge >= 0.3 is 0 Å². The third-order valence-electron chi connectivity index (χ3n) is 12.3. The Morgan fingerprint density at radius 3 is 2.55 bits per heavy atom. The largest absolute Gasteiger partial charge is 0.455 e. The summed E-state index contributed by atoms with van der Waals surface area (Å²) in [6, 6.07) is 18.1. The highest BCUT2D eigenvalue weighted by atomic mass is 35.5. The number of nitro groups is 1. The Labute approximate surface area is 363 Å². The third-order valence-corrected chi connectivity index (χ3v) is 13.8. The maximum atomic E-state index is 13.9. The van der Waals surface area contributed by atoms with Crippen molar-refractivity contribution in [3.05, 3.63) is 111 Å². The number of H-pyrrole nitrogens is 1. The first-order valence-corrected chi connectivity index (χ1v) is 22.8. The minimum atomic E-state index is -4.57. The van der Waals surface area contributed by atoms with E-state index in [9.17, 15) is 28.1 Å². The Hall–Kier alpha value is -5.75. The minimum absolute atomic E-state index is 0.0475. The number of pyridine rings is 1. The lowest BCUT2D eigenvalue weighted by Crippen LogP contribution is -2.54. The van der Waals surface area contributed by atoms with Gasteiger partial charge in [0.15, 0.2) is 0 Å². The van der Waals surface area contributed by atoms with Gasteiger partial charge in [0.05, 0.1) is 21.6 Å². The number of sulfonamides is 1. The Kier molecular flexibility index (Phi) is 11.8. The van der Waals surface area contributed by atoms with Crippen LogP contribution in [0.15, 0.2) is 84.0 Å². The van der Waals surface area contributed by atoms with Gasteiger partial charge in [0.1, 0.15) is 22.8 Å². The number of hydrogen-bond donors (Lipinski definition) is 3. The lowest BCUT2D eigenvalue weighted by molar-refractivity contribution is -0.384. The molecule has 3 N–H and O–H groups in total. The van der Waals surface area contributed by atoms with E-state index in [1.54, 1.807) is 24.4 Å². The molecule has 1 aliphatic carbocycles. The number of carbonyl (C=O) groups excluding carboxylic acids is 2. The lowest BCUT2D eigenvalue weighted by atomic mass is 9.93. The molecule has 5 aromatic rings. The fourth-order valence-corrected chi connectivity index (χ4v) is 9.77. The number of carbonyl (C=O) groups is 2. The smallest absolute Gasteiger partial charge is 0.293 e. The Bertz CT molecular complexity index is 2620. The molecule has 0 radical (unpaired) electrons. The summed E-state index contributed by atoms with van der Waals surface area (Å²) in [5.41, 5.74) is 3.44. The molecule has 1 unspecified atom stereocenters. The quantitative estimate of drug-likeness (QED) is 0.0878. The zero-order valence-corrected chi connectivity index (χ0v) is 35.5. The molecule has 3 aliphatic heterocycles. The summed E-state index contributed by atoms with van der Waals surface area (Å²) in [6.07, 6.45) is 7.54. The topological polar surface area (TPSA) is 192 Å². The second-order valence-corrected chi connectivity index (χ2v) is 18.6. The first kappa shape index (κ1) is 41.6. The number of benzene rings is 3. The summed E-state index contributed by atoms with van der Waals surface area (Å²) in [5.74, 6) is 0.0582. The predicted molar refractivity (Wildman–Crippen MR) is 233 cm³/mol. The van der Waals surface area contributed by atoms with Crippen LogP contribution in [0.1, 0.15) is 47.2 Å². The van der Waals surface area contributed by atoms with Crippen LogP contribution in [0.3, 0.4) is 0 Å².